The highest BCUT2D eigenvalue weighted by Crippen LogP contribution is 2.43. The summed E-state index contributed by atoms with van der Waals surface area (Å²) < 4.78 is 53.1. The molecule has 0 bridgehead atoms. The smallest absolute Gasteiger partial charge is 0.266 e. The number of nitrogens with one attached hydrogen (secondary N) is 2. The maximum Gasteiger partial charge on any atom is 0.266 e. The van der Waals surface area contributed by atoms with E-state index in [0.29, 0.717) is 35.5 Å². The van der Waals surface area contributed by atoms with Gasteiger partial charge >= 0.3 is 0 Å². The third-order valence-electron chi connectivity index (χ3n) is 7.43. The molecule has 0 aromatic heterocycles. The molecule has 0 spiro atoms. The number of rotatable bonds is 14. The van der Waals surface area contributed by atoms with Crippen molar-refractivity contribution in [2.45, 2.75) is 35.9 Å². The van der Waals surface area contributed by atoms with Crippen molar-refractivity contribution in [3.63, 3.8) is 0 Å². The summed E-state index contributed by atoms with van der Waals surface area (Å²) in [5.41, 5.74) is 5.25. The molecule has 4 aromatic rings. The number of aliphatic hydroxyl groups excluding tert-OH is 1. The fourth-order valence-corrected chi connectivity index (χ4v) is 6.39. The van der Waals surface area contributed by atoms with Gasteiger partial charge in [0, 0.05) is 37.1 Å². The lowest BCUT2D eigenvalue weighted by Gasteiger charge is -2.30. The lowest BCUT2D eigenvalue weighted by Crippen LogP contribution is -2.53. The number of aliphatic imine (C=N–C) groups is 1. The van der Waals surface area contributed by atoms with Crippen LogP contribution in [0.4, 0.5) is 4.39 Å². The van der Waals surface area contributed by atoms with Crippen LogP contribution in [-0.4, -0.2) is 49.8 Å². The van der Waals surface area contributed by atoms with E-state index in [1.165, 1.54) is 18.2 Å². The molecule has 45 heavy (non-hydrogen) atoms. The van der Waals surface area contributed by atoms with Crippen molar-refractivity contribution < 1.29 is 32.2 Å². The van der Waals surface area contributed by atoms with E-state index in [9.17, 15) is 17.6 Å². The molecule has 5 rings (SSSR count). The van der Waals surface area contributed by atoms with E-state index in [-0.39, 0.29) is 30.4 Å². The Morgan fingerprint density at radius 3 is 2.29 bits per heavy atom. The van der Waals surface area contributed by atoms with Gasteiger partial charge in [-0.2, -0.15) is 0 Å². The summed E-state index contributed by atoms with van der Waals surface area (Å²) in [7, 11) is -3.80. The number of aliphatic hydroxyl groups is 1. The summed E-state index contributed by atoms with van der Waals surface area (Å²) in [4.78, 5) is 19.1. The Labute approximate surface area is 261 Å². The summed E-state index contributed by atoms with van der Waals surface area (Å²) >= 11 is 0. The van der Waals surface area contributed by atoms with Gasteiger partial charge in [-0.1, -0.05) is 66.7 Å². The molecule has 0 radical (unpaired) electrons. The molecular formula is C34H34FN3O6S. The maximum atomic E-state index is 14.3. The molecule has 0 aliphatic carbocycles. The van der Waals surface area contributed by atoms with Gasteiger partial charge in [0.2, 0.25) is 5.90 Å². The zero-order valence-electron chi connectivity index (χ0n) is 24.4. The van der Waals surface area contributed by atoms with Gasteiger partial charge in [-0.3, -0.25) is 10.2 Å². The van der Waals surface area contributed by atoms with Crippen molar-refractivity contribution in [2.75, 3.05) is 19.0 Å². The van der Waals surface area contributed by atoms with Crippen LogP contribution >= 0.6 is 0 Å². The molecule has 11 heteroatoms. The number of sulfone groups is 1. The number of carbonyl (C=O) groups is 1. The van der Waals surface area contributed by atoms with Gasteiger partial charge in [0.25, 0.3) is 5.91 Å². The fourth-order valence-electron chi connectivity index (χ4n) is 5.00. The van der Waals surface area contributed by atoms with Crippen molar-refractivity contribution in [1.82, 2.24) is 10.9 Å². The zero-order chi connectivity index (χ0) is 31.7. The zero-order valence-corrected chi connectivity index (χ0v) is 25.3. The van der Waals surface area contributed by atoms with Crippen LogP contribution in [0.25, 0.3) is 0 Å². The van der Waals surface area contributed by atoms with Gasteiger partial charge in [-0.25, -0.2) is 23.2 Å². The summed E-state index contributed by atoms with van der Waals surface area (Å²) in [5.74, 6) is -0.708. The van der Waals surface area contributed by atoms with Crippen LogP contribution in [0.1, 0.15) is 35.6 Å². The highest BCUT2D eigenvalue weighted by Gasteiger charge is 2.53. The second-order valence-electron chi connectivity index (χ2n) is 10.5. The number of hydrogen-bond donors (Lipinski definition) is 3. The topological polar surface area (TPSA) is 126 Å². The molecule has 4 aromatic carbocycles. The number of ether oxygens (including phenoxy) is 2. The van der Waals surface area contributed by atoms with Gasteiger partial charge in [0.1, 0.15) is 11.6 Å². The standard InChI is InChI=1S/C34H34FN3O6S/c35-30-15-8-7-12-27(30)24-36-38-33(40)34(20-23-45(41,42)29-13-5-2-6-14-29)31(25-10-3-1-4-11-25)44-32(37-34)26-16-18-28(19-17-26)43-22-9-21-39/h1-8,10-19,31,36,39H,9,20-24H2,(H,38,40)/t31-,34-/m0/s1. The average molecular weight is 632 g/mol. The fraction of sp³-hybridized carbons (Fsp3) is 0.235. The van der Waals surface area contributed by atoms with Gasteiger partial charge in [0.05, 0.1) is 17.3 Å². The summed E-state index contributed by atoms with van der Waals surface area (Å²) in [6.07, 6.45) is -0.691. The lowest BCUT2D eigenvalue weighted by atomic mass is 9.85. The van der Waals surface area contributed by atoms with Crippen molar-refractivity contribution in [1.29, 1.82) is 0 Å². The Balaban J connectivity index is 1.50. The summed E-state index contributed by atoms with van der Waals surface area (Å²) in [5, 5.41) is 9.02. The Morgan fingerprint density at radius 1 is 0.933 bits per heavy atom. The van der Waals surface area contributed by atoms with Gasteiger partial charge in [-0.15, -0.1) is 0 Å². The molecule has 2 atom stereocenters. The van der Waals surface area contributed by atoms with Crippen molar-refractivity contribution in [3.05, 3.63) is 132 Å². The van der Waals surface area contributed by atoms with Crippen LogP contribution in [0.2, 0.25) is 0 Å². The van der Waals surface area contributed by atoms with Gasteiger partial charge in [-0.05, 0) is 48.0 Å². The minimum absolute atomic E-state index is 0.0119. The Bertz CT molecular complexity index is 1720. The van der Waals surface area contributed by atoms with Crippen molar-refractivity contribution >= 4 is 21.6 Å². The van der Waals surface area contributed by atoms with E-state index in [0.717, 1.165) is 0 Å². The molecule has 0 saturated heterocycles. The number of halogens is 1. The van der Waals surface area contributed by atoms with E-state index in [4.69, 9.17) is 19.6 Å². The molecule has 0 fully saturated rings. The largest absolute Gasteiger partial charge is 0.494 e. The number of benzene rings is 4. The quantitative estimate of drug-likeness (QED) is 0.138. The molecule has 1 aliphatic rings. The first-order valence-corrected chi connectivity index (χ1v) is 16.2. The molecular weight excluding hydrogens is 597 g/mol. The van der Waals surface area contributed by atoms with Crippen molar-refractivity contribution in [3.8, 4) is 5.75 Å². The first-order chi connectivity index (χ1) is 21.8. The van der Waals surface area contributed by atoms with Crippen LogP contribution < -0.4 is 15.6 Å². The minimum Gasteiger partial charge on any atom is -0.494 e. The highest BCUT2D eigenvalue weighted by molar-refractivity contribution is 7.91. The van der Waals surface area contributed by atoms with Crippen LogP contribution in [0.5, 0.6) is 5.75 Å². The van der Waals surface area contributed by atoms with Gasteiger partial charge < -0.3 is 14.6 Å². The van der Waals surface area contributed by atoms with Crippen molar-refractivity contribution in [2.24, 2.45) is 4.99 Å². The molecule has 0 unspecified atom stereocenters. The molecule has 1 amide bonds. The van der Waals surface area contributed by atoms with E-state index >= 15 is 0 Å². The number of hydrogen-bond acceptors (Lipinski definition) is 8. The third-order valence-corrected chi connectivity index (χ3v) is 9.16. The number of nitrogens with zero attached hydrogens (tertiary/aromatic N) is 1. The molecule has 3 N–H and O–H groups in total. The molecule has 1 aliphatic heterocycles. The SMILES string of the molecule is O=C(NNCc1ccccc1F)[C@@]1(CCS(=O)(=O)c2ccccc2)N=C(c2ccc(OCCCO)cc2)O[C@H]1c1ccccc1. The lowest BCUT2D eigenvalue weighted by molar-refractivity contribution is -0.130. The van der Waals surface area contributed by atoms with E-state index in [2.05, 4.69) is 10.9 Å². The number of carbonyl (C=O) groups excluding carboxylic acids is 1. The van der Waals surface area contributed by atoms with E-state index in [1.54, 1.807) is 84.9 Å². The Hall–Kier alpha value is -4.58. The summed E-state index contributed by atoms with van der Waals surface area (Å²) in [6, 6.07) is 30.2. The highest BCUT2D eigenvalue weighted by atomic mass is 32.2. The molecule has 0 saturated carbocycles. The number of hydrazine groups is 1. The van der Waals surface area contributed by atoms with Gasteiger partial charge in [0.15, 0.2) is 21.5 Å². The van der Waals surface area contributed by atoms with E-state index in [1.807, 2.05) is 6.07 Å². The van der Waals surface area contributed by atoms with Crippen LogP contribution in [0.3, 0.4) is 0 Å². The van der Waals surface area contributed by atoms with Crippen LogP contribution in [0, 0.1) is 5.82 Å². The second kappa shape index (κ2) is 14.5. The monoisotopic (exact) mass is 631 g/mol. The Kier molecular flexibility index (Phi) is 10.2. The Morgan fingerprint density at radius 2 is 1.60 bits per heavy atom. The molecule has 9 nitrogen and oxygen atoms in total. The molecule has 1 heterocycles. The summed E-state index contributed by atoms with van der Waals surface area (Å²) in [6.45, 7) is 0.354. The first-order valence-electron chi connectivity index (χ1n) is 14.5. The minimum atomic E-state index is -3.80. The van der Waals surface area contributed by atoms with Crippen LogP contribution in [-0.2, 0) is 25.9 Å². The number of amides is 1. The second-order valence-corrected chi connectivity index (χ2v) is 12.6. The predicted molar refractivity (Wildman–Crippen MR) is 168 cm³/mol. The van der Waals surface area contributed by atoms with E-state index < -0.39 is 39.0 Å². The van der Waals surface area contributed by atoms with Crippen LogP contribution in [0.15, 0.2) is 119 Å². The predicted octanol–water partition coefficient (Wildman–Crippen LogP) is 4.53. The first kappa shape index (κ1) is 31.8. The average Bonchev–Trinajstić information content (AvgIpc) is 3.47. The molecule has 234 valence electrons. The third kappa shape index (κ3) is 7.56. The maximum absolute atomic E-state index is 14.3. The normalized spacial score (nSPS) is 17.7.